The Morgan fingerprint density at radius 2 is 1.70 bits per heavy atom. The summed E-state index contributed by atoms with van der Waals surface area (Å²) in [5, 5.41) is 7.59. The molecule has 0 saturated carbocycles. The number of amidine groups is 1. The zero-order valence-corrected chi connectivity index (χ0v) is 22.3. The van der Waals surface area contributed by atoms with Gasteiger partial charge in [-0.3, -0.25) is 9.59 Å². The van der Waals surface area contributed by atoms with E-state index in [0.717, 1.165) is 35.1 Å². The summed E-state index contributed by atoms with van der Waals surface area (Å²) in [4.78, 5) is 33.5. The Kier molecular flexibility index (Phi) is 7.55. The molecular weight excluding hydrogens is 527 g/mol. The summed E-state index contributed by atoms with van der Waals surface area (Å²) in [6, 6.07) is 21.4. The van der Waals surface area contributed by atoms with Crippen LogP contribution in [0.25, 0.3) is 0 Å². The van der Waals surface area contributed by atoms with Crippen molar-refractivity contribution in [3.63, 3.8) is 0 Å². The number of amides is 2. The molecule has 188 valence electrons. The number of allylic oxidation sites excluding steroid dienone is 1. The van der Waals surface area contributed by atoms with Gasteiger partial charge in [-0.2, -0.15) is 0 Å². The average molecular weight is 551 g/mol. The van der Waals surface area contributed by atoms with Crippen LogP contribution in [-0.2, 0) is 4.79 Å². The fourth-order valence-electron chi connectivity index (χ4n) is 4.48. The molecule has 0 aromatic heterocycles. The van der Waals surface area contributed by atoms with Crippen molar-refractivity contribution in [3.8, 4) is 0 Å². The fraction of sp³-hybridized carbons (Fsp3) is 0.179. The van der Waals surface area contributed by atoms with E-state index in [2.05, 4.69) is 15.5 Å². The van der Waals surface area contributed by atoms with E-state index in [1.807, 2.05) is 61.5 Å². The second kappa shape index (κ2) is 11.0. The van der Waals surface area contributed by atoms with Gasteiger partial charge >= 0.3 is 0 Å². The van der Waals surface area contributed by atoms with Crippen molar-refractivity contribution in [2.45, 2.75) is 19.4 Å². The van der Waals surface area contributed by atoms with E-state index in [1.54, 1.807) is 23.9 Å². The predicted octanol–water partition coefficient (Wildman–Crippen LogP) is 7.01. The maximum atomic E-state index is 13.6. The average Bonchev–Trinajstić information content (AvgIpc) is 2.88. The molecule has 1 fully saturated rings. The van der Waals surface area contributed by atoms with Crippen LogP contribution in [0.15, 0.2) is 89.1 Å². The Bertz CT molecular complexity index is 1420. The number of nitrogens with one attached hydrogen (secondary N) is 2. The highest BCUT2D eigenvalue weighted by Crippen LogP contribution is 2.40. The number of carbonyl (C=O) groups is 2. The van der Waals surface area contributed by atoms with Crippen molar-refractivity contribution in [1.29, 1.82) is 0 Å². The van der Waals surface area contributed by atoms with Gasteiger partial charge in [0.25, 0.3) is 11.8 Å². The van der Waals surface area contributed by atoms with Gasteiger partial charge in [0.2, 0.25) is 0 Å². The number of hydrogen-bond donors (Lipinski definition) is 2. The van der Waals surface area contributed by atoms with Gasteiger partial charge in [0.1, 0.15) is 0 Å². The van der Waals surface area contributed by atoms with Gasteiger partial charge in [-0.1, -0.05) is 65.3 Å². The van der Waals surface area contributed by atoms with E-state index < -0.39 is 0 Å². The maximum Gasteiger partial charge on any atom is 0.257 e. The van der Waals surface area contributed by atoms with Crippen LogP contribution in [0.1, 0.15) is 35.3 Å². The molecule has 1 atom stereocenters. The summed E-state index contributed by atoms with van der Waals surface area (Å²) in [5.74, 6) is 0.445. The Morgan fingerprint density at radius 3 is 2.49 bits per heavy atom. The SMILES string of the molecule is CC1=C(C(=O)Nc2ccccc2)C(c2cccc(NC(=O)c3ccc(Cl)cc3Cl)c2)N2CCCSC2=N1. The number of nitrogens with zero attached hydrogens (tertiary/aromatic N) is 2. The molecule has 2 aliphatic heterocycles. The van der Waals surface area contributed by atoms with Gasteiger partial charge in [-0.25, -0.2) is 4.99 Å². The van der Waals surface area contributed by atoms with E-state index in [9.17, 15) is 9.59 Å². The Morgan fingerprint density at radius 1 is 0.946 bits per heavy atom. The number of halogens is 2. The standard InChI is InChI=1S/C28H24Cl2N4O2S/c1-17-24(27(36)32-20-8-3-2-4-9-20)25(34-13-6-14-37-28(34)31-17)18-7-5-10-21(15-18)33-26(35)22-12-11-19(29)16-23(22)30/h2-5,7-12,15-16,25H,6,13-14H2,1H3,(H,32,36)(H,33,35). The van der Waals surface area contributed by atoms with Crippen LogP contribution < -0.4 is 10.6 Å². The van der Waals surface area contributed by atoms with E-state index >= 15 is 0 Å². The highest BCUT2D eigenvalue weighted by molar-refractivity contribution is 8.13. The largest absolute Gasteiger partial charge is 0.340 e. The van der Waals surface area contributed by atoms with Crippen molar-refractivity contribution < 1.29 is 9.59 Å². The zero-order valence-electron chi connectivity index (χ0n) is 20.0. The lowest BCUT2D eigenvalue weighted by molar-refractivity contribution is -0.113. The third-order valence-electron chi connectivity index (χ3n) is 6.17. The van der Waals surface area contributed by atoms with Crippen molar-refractivity contribution in [1.82, 2.24) is 4.90 Å². The summed E-state index contributed by atoms with van der Waals surface area (Å²) in [6.45, 7) is 2.66. The van der Waals surface area contributed by atoms with Gasteiger partial charge in [-0.15, -0.1) is 0 Å². The van der Waals surface area contributed by atoms with Crippen LogP contribution in [0.5, 0.6) is 0 Å². The molecular formula is C28H24Cl2N4O2S. The monoisotopic (exact) mass is 550 g/mol. The highest BCUT2D eigenvalue weighted by Gasteiger charge is 2.37. The van der Waals surface area contributed by atoms with Gasteiger partial charge in [0.05, 0.1) is 27.9 Å². The number of hydrogen-bond acceptors (Lipinski definition) is 5. The lowest BCUT2D eigenvalue weighted by Crippen LogP contribution is -2.43. The van der Waals surface area contributed by atoms with Gasteiger partial charge < -0.3 is 15.5 Å². The molecule has 0 aliphatic carbocycles. The summed E-state index contributed by atoms with van der Waals surface area (Å²) in [6.07, 6.45) is 0.984. The van der Waals surface area contributed by atoms with Crippen LogP contribution in [0.4, 0.5) is 11.4 Å². The maximum absolute atomic E-state index is 13.6. The minimum absolute atomic E-state index is 0.200. The predicted molar refractivity (Wildman–Crippen MR) is 153 cm³/mol. The summed E-state index contributed by atoms with van der Waals surface area (Å²) in [7, 11) is 0. The van der Waals surface area contributed by atoms with E-state index in [-0.39, 0.29) is 22.9 Å². The number of aliphatic imine (C=N–C) groups is 1. The molecule has 0 radical (unpaired) electrons. The number of rotatable bonds is 5. The highest BCUT2D eigenvalue weighted by atomic mass is 35.5. The fourth-order valence-corrected chi connectivity index (χ4v) is 6.00. The molecule has 0 bridgehead atoms. The number of para-hydroxylation sites is 1. The second-order valence-electron chi connectivity index (χ2n) is 8.72. The molecule has 9 heteroatoms. The molecule has 6 nitrogen and oxygen atoms in total. The van der Waals surface area contributed by atoms with Gasteiger partial charge in [-0.05, 0) is 61.4 Å². The molecule has 2 aliphatic rings. The number of carbonyl (C=O) groups excluding carboxylic acids is 2. The lowest BCUT2D eigenvalue weighted by atomic mass is 9.93. The van der Waals surface area contributed by atoms with Gasteiger partial charge in [0.15, 0.2) is 5.17 Å². The second-order valence-corrected chi connectivity index (χ2v) is 10.6. The topological polar surface area (TPSA) is 73.8 Å². The number of fused-ring (bicyclic) bond motifs is 1. The summed E-state index contributed by atoms with van der Waals surface area (Å²) in [5.41, 5.74) is 3.79. The smallest absolute Gasteiger partial charge is 0.257 e. The molecule has 2 N–H and O–H groups in total. The van der Waals surface area contributed by atoms with Crippen LogP contribution in [-0.4, -0.2) is 34.2 Å². The molecule has 2 amide bonds. The quantitative estimate of drug-likeness (QED) is 0.358. The minimum Gasteiger partial charge on any atom is -0.340 e. The number of benzene rings is 3. The first-order valence-electron chi connectivity index (χ1n) is 11.8. The van der Waals surface area contributed by atoms with Crippen LogP contribution in [0.3, 0.4) is 0 Å². The molecule has 5 rings (SSSR count). The minimum atomic E-state index is -0.347. The van der Waals surface area contributed by atoms with Crippen molar-refractivity contribution >= 4 is 63.3 Å². The molecule has 1 unspecified atom stereocenters. The summed E-state index contributed by atoms with van der Waals surface area (Å²) >= 11 is 13.9. The molecule has 3 aromatic carbocycles. The van der Waals surface area contributed by atoms with Crippen molar-refractivity contribution in [2.24, 2.45) is 4.99 Å². The molecule has 3 aromatic rings. The molecule has 37 heavy (non-hydrogen) atoms. The first-order chi connectivity index (χ1) is 17.9. The van der Waals surface area contributed by atoms with E-state index in [0.29, 0.717) is 27.5 Å². The van der Waals surface area contributed by atoms with E-state index in [1.165, 1.54) is 6.07 Å². The first kappa shape index (κ1) is 25.4. The third kappa shape index (κ3) is 5.54. The van der Waals surface area contributed by atoms with Crippen molar-refractivity contribution in [3.05, 3.63) is 105 Å². The number of anilines is 2. The van der Waals surface area contributed by atoms with Crippen LogP contribution >= 0.6 is 35.0 Å². The van der Waals surface area contributed by atoms with E-state index in [4.69, 9.17) is 28.2 Å². The molecule has 0 spiro atoms. The zero-order chi connectivity index (χ0) is 25.9. The third-order valence-corrected chi connectivity index (χ3v) is 7.80. The Hall–Kier alpha value is -3.26. The Labute approximate surface area is 229 Å². The first-order valence-corrected chi connectivity index (χ1v) is 13.6. The van der Waals surface area contributed by atoms with Crippen LogP contribution in [0, 0.1) is 0 Å². The lowest BCUT2D eigenvalue weighted by Gasteiger charge is -2.41. The molecule has 1 saturated heterocycles. The van der Waals surface area contributed by atoms with Crippen LogP contribution in [0.2, 0.25) is 10.0 Å². The Balaban J connectivity index is 1.48. The molecule has 2 heterocycles. The number of thioether (sulfide) groups is 1. The summed E-state index contributed by atoms with van der Waals surface area (Å²) < 4.78 is 0. The normalized spacial score (nSPS) is 17.1. The van der Waals surface area contributed by atoms with Gasteiger partial charge in [0, 0.05) is 28.7 Å². The van der Waals surface area contributed by atoms with Crippen molar-refractivity contribution in [2.75, 3.05) is 22.9 Å².